The van der Waals surface area contributed by atoms with Crippen molar-refractivity contribution in [2.24, 2.45) is 5.41 Å². The number of rotatable bonds is 7. The summed E-state index contributed by atoms with van der Waals surface area (Å²) in [6.07, 6.45) is -0.681. The molecule has 0 aliphatic carbocycles. The molecule has 2 saturated heterocycles. The number of nitrogens with zero attached hydrogens (tertiary/aromatic N) is 7. The lowest BCUT2D eigenvalue weighted by atomic mass is 9.78. The van der Waals surface area contributed by atoms with Gasteiger partial charge in [0.25, 0.3) is 6.43 Å². The van der Waals surface area contributed by atoms with Crippen molar-refractivity contribution in [3.63, 3.8) is 0 Å². The van der Waals surface area contributed by atoms with Crippen molar-refractivity contribution >= 4 is 29.2 Å². The number of piperidine rings is 1. The van der Waals surface area contributed by atoms with E-state index in [-0.39, 0.29) is 56.8 Å². The van der Waals surface area contributed by atoms with E-state index >= 15 is 8.78 Å². The lowest BCUT2D eigenvalue weighted by Gasteiger charge is -2.48. The van der Waals surface area contributed by atoms with Gasteiger partial charge in [0.2, 0.25) is 0 Å². The summed E-state index contributed by atoms with van der Waals surface area (Å²) in [5.74, 6) is -0.898. The summed E-state index contributed by atoms with van der Waals surface area (Å²) >= 11 is 0. The number of ether oxygens (including phenoxy) is 2. The first-order chi connectivity index (χ1) is 19.5. The molecule has 2 aliphatic heterocycles. The van der Waals surface area contributed by atoms with Gasteiger partial charge in [-0.2, -0.15) is 4.52 Å². The molecule has 2 fully saturated rings. The molecule has 6 rings (SSSR count). The monoisotopic (exact) mass is 574 g/mol. The van der Waals surface area contributed by atoms with Crippen molar-refractivity contribution in [1.29, 1.82) is 0 Å². The predicted octanol–water partition coefficient (Wildman–Crippen LogP) is 4.45. The Bertz CT molecular complexity index is 1660. The number of alkyl halides is 2. The Labute approximate surface area is 234 Å². The van der Waals surface area contributed by atoms with E-state index in [1.165, 1.54) is 35.4 Å². The minimum atomic E-state index is -2.67. The summed E-state index contributed by atoms with van der Waals surface area (Å²) in [6, 6.07) is 3.01. The van der Waals surface area contributed by atoms with Crippen LogP contribution in [-0.2, 0) is 11.3 Å². The van der Waals surface area contributed by atoms with Crippen molar-refractivity contribution in [2.45, 2.75) is 52.2 Å². The molecule has 0 radical (unpaired) electrons. The second kappa shape index (κ2) is 10.1. The third-order valence-corrected chi connectivity index (χ3v) is 8.32. The van der Waals surface area contributed by atoms with Crippen LogP contribution in [0.25, 0.3) is 27.7 Å². The molecule has 1 atom stereocenters. The van der Waals surface area contributed by atoms with Gasteiger partial charge in [-0.1, -0.05) is 13.8 Å². The first-order valence-corrected chi connectivity index (χ1v) is 13.5. The molecule has 2 aliphatic rings. The van der Waals surface area contributed by atoms with Crippen LogP contribution >= 0.6 is 0 Å². The molecule has 0 unspecified atom stereocenters. The Morgan fingerprint density at radius 3 is 2.59 bits per heavy atom. The van der Waals surface area contributed by atoms with Crippen LogP contribution in [0.2, 0.25) is 0 Å². The lowest BCUT2D eigenvalue weighted by molar-refractivity contribution is -0.511. The summed E-state index contributed by atoms with van der Waals surface area (Å²) in [5.41, 5.74) is 0.215. The highest BCUT2D eigenvalue weighted by molar-refractivity contribution is 5.90. The van der Waals surface area contributed by atoms with Crippen molar-refractivity contribution in [3.05, 3.63) is 35.8 Å². The lowest BCUT2D eigenvalue weighted by Crippen LogP contribution is -2.59. The fourth-order valence-electron chi connectivity index (χ4n) is 6.21. The van der Waals surface area contributed by atoms with E-state index in [1.807, 2.05) is 0 Å². The maximum Gasteiger partial charge on any atom is 0.457 e. The number of imidazole rings is 1. The Kier molecular flexibility index (Phi) is 6.76. The molecule has 0 bridgehead atoms. The van der Waals surface area contributed by atoms with E-state index < -0.39 is 24.6 Å². The number of aromatic nitrogens is 5. The summed E-state index contributed by atoms with van der Waals surface area (Å²) in [7, 11) is 1.40. The minimum Gasteiger partial charge on any atom is -0.467 e. The van der Waals surface area contributed by atoms with Crippen LogP contribution in [0.4, 0.5) is 23.5 Å². The molecule has 41 heavy (non-hydrogen) atoms. The van der Waals surface area contributed by atoms with E-state index in [1.54, 1.807) is 4.58 Å². The molecule has 218 valence electrons. The topological polar surface area (TPSA) is 72.7 Å². The molecule has 0 N–H and O–H groups in total. The third-order valence-electron chi connectivity index (χ3n) is 8.32. The maximum atomic E-state index is 15.6. The number of benzene rings is 1. The summed E-state index contributed by atoms with van der Waals surface area (Å²) < 4.78 is 72.5. The van der Waals surface area contributed by atoms with Gasteiger partial charge >= 0.3 is 11.8 Å². The summed E-state index contributed by atoms with van der Waals surface area (Å²) in [6.45, 7) is 12.7. The molecule has 3 aromatic heterocycles. The van der Waals surface area contributed by atoms with Gasteiger partial charge in [0.15, 0.2) is 17.2 Å². The van der Waals surface area contributed by atoms with E-state index in [4.69, 9.17) is 9.47 Å². The van der Waals surface area contributed by atoms with Gasteiger partial charge in [-0.05, 0) is 36.0 Å². The number of hydrogen-bond donors (Lipinski definition) is 0. The zero-order chi connectivity index (χ0) is 29.2. The fourth-order valence-corrected chi connectivity index (χ4v) is 6.21. The summed E-state index contributed by atoms with van der Waals surface area (Å²) in [5, 5.41) is 4.56. The Balaban J connectivity index is 1.40. The van der Waals surface area contributed by atoms with Crippen molar-refractivity contribution < 1.29 is 31.6 Å². The summed E-state index contributed by atoms with van der Waals surface area (Å²) in [4.78, 5) is 11.1. The highest BCUT2D eigenvalue weighted by atomic mass is 19.3. The molecule has 5 heterocycles. The zero-order valence-electron chi connectivity index (χ0n) is 23.4. The predicted molar refractivity (Wildman–Crippen MR) is 144 cm³/mol. The largest absolute Gasteiger partial charge is 0.467 e. The quantitative estimate of drug-likeness (QED) is 0.185. The molecule has 0 amide bonds. The molecule has 13 heteroatoms. The molecular formula is C28H32F4N7O2+. The average Bonchev–Trinajstić information content (AvgIpc) is 3.37. The van der Waals surface area contributed by atoms with Gasteiger partial charge in [-0.25, -0.2) is 27.1 Å². The second-order valence-corrected chi connectivity index (χ2v) is 11.5. The van der Waals surface area contributed by atoms with Crippen LogP contribution in [0.1, 0.15) is 26.1 Å². The number of hydrogen-bond acceptors (Lipinski definition) is 6. The first-order valence-electron chi connectivity index (χ1n) is 13.5. The standard InChI is InChI=1S/C28H32F4N7O2/c1-15-33-24-18(29)8-16(9-20(24)38(15)11-22(31)32)23-19(30)10-39-25(23)26(40-5)34-27(35-39)36(4)21-6-7-37(14-28(21,2)3)17-12-41-13-17/h8-10,17,21-22H,4,6-7,11-14H2,1-3,5H3/q+1/t21-/m1/s1. The smallest absolute Gasteiger partial charge is 0.457 e. The Morgan fingerprint density at radius 2 is 1.95 bits per heavy atom. The number of aryl methyl sites for hydroxylation is 1. The van der Waals surface area contributed by atoms with Gasteiger partial charge in [0.1, 0.15) is 11.3 Å². The molecule has 9 nitrogen and oxygen atoms in total. The van der Waals surface area contributed by atoms with E-state index in [2.05, 4.69) is 40.5 Å². The van der Waals surface area contributed by atoms with Crippen LogP contribution in [0.15, 0.2) is 18.3 Å². The van der Waals surface area contributed by atoms with Crippen LogP contribution < -0.4 is 4.74 Å². The highest BCUT2D eigenvalue weighted by Crippen LogP contribution is 2.39. The normalized spacial score (nSPS) is 19.8. The van der Waals surface area contributed by atoms with Gasteiger partial charge in [0.05, 0.1) is 56.2 Å². The molecule has 4 aromatic rings. The minimum absolute atomic E-state index is 0.00311. The molecular weight excluding hydrogens is 542 g/mol. The van der Waals surface area contributed by atoms with Crippen molar-refractivity contribution in [2.75, 3.05) is 33.4 Å². The molecule has 0 saturated carbocycles. The van der Waals surface area contributed by atoms with Crippen molar-refractivity contribution in [1.82, 2.24) is 29.0 Å². The van der Waals surface area contributed by atoms with E-state index in [0.717, 1.165) is 38.8 Å². The number of fused-ring (bicyclic) bond motifs is 2. The van der Waals surface area contributed by atoms with Crippen LogP contribution in [0, 0.1) is 24.0 Å². The Morgan fingerprint density at radius 1 is 1.20 bits per heavy atom. The number of likely N-dealkylation sites (tertiary alicyclic amines) is 1. The molecule has 1 aromatic carbocycles. The fraction of sp³-hybridized carbons (Fsp3) is 0.500. The number of methoxy groups -OCH3 is 1. The molecule has 0 spiro atoms. The third kappa shape index (κ3) is 4.64. The number of halogens is 4. The zero-order valence-corrected chi connectivity index (χ0v) is 23.4. The highest BCUT2D eigenvalue weighted by Gasteiger charge is 2.44. The van der Waals surface area contributed by atoms with E-state index in [9.17, 15) is 8.78 Å². The van der Waals surface area contributed by atoms with Gasteiger partial charge in [-0.15, -0.1) is 0 Å². The van der Waals surface area contributed by atoms with Crippen LogP contribution in [0.3, 0.4) is 0 Å². The van der Waals surface area contributed by atoms with Crippen LogP contribution in [0.5, 0.6) is 5.88 Å². The van der Waals surface area contributed by atoms with E-state index in [0.29, 0.717) is 6.04 Å². The van der Waals surface area contributed by atoms with Gasteiger partial charge in [0, 0.05) is 30.3 Å². The SMILES string of the molecule is C=[N+](c1nc(OC)c2c(-c3cc(F)c4nc(C)n(CC(F)F)c4c3)c(F)cn2n1)[C@@H]1CCN(C2COC2)CC1(C)C. The van der Waals surface area contributed by atoms with Gasteiger partial charge in [-0.3, -0.25) is 4.90 Å². The maximum absolute atomic E-state index is 15.6. The van der Waals surface area contributed by atoms with Crippen molar-refractivity contribution in [3.8, 4) is 17.0 Å². The Hall–Kier alpha value is -3.58. The van der Waals surface area contributed by atoms with Crippen LogP contribution in [-0.4, -0.2) is 92.3 Å². The van der Waals surface area contributed by atoms with Gasteiger partial charge < -0.3 is 14.0 Å². The second-order valence-electron chi connectivity index (χ2n) is 11.5. The first kappa shape index (κ1) is 27.6. The average molecular weight is 575 g/mol.